The van der Waals surface area contributed by atoms with E-state index in [1.54, 1.807) is 0 Å². The highest BCUT2D eigenvalue weighted by atomic mass is 32.3. The van der Waals surface area contributed by atoms with E-state index in [4.69, 9.17) is 0 Å². The second-order valence-electron chi connectivity index (χ2n) is 6.88. The summed E-state index contributed by atoms with van der Waals surface area (Å²) in [5.41, 5.74) is 0.346. The highest BCUT2D eigenvalue weighted by Crippen LogP contribution is 2.25. The van der Waals surface area contributed by atoms with E-state index in [0.717, 1.165) is 25.7 Å². The van der Waals surface area contributed by atoms with Crippen molar-refractivity contribution in [2.24, 2.45) is 5.41 Å². The van der Waals surface area contributed by atoms with Crippen molar-refractivity contribution in [3.63, 3.8) is 0 Å². The number of hydrogen-bond acceptors (Lipinski definition) is 4. The predicted molar refractivity (Wildman–Crippen MR) is 82.3 cm³/mol. The van der Waals surface area contributed by atoms with Crippen molar-refractivity contribution in [1.29, 1.82) is 0 Å². The number of esters is 1. The van der Waals surface area contributed by atoms with Crippen LogP contribution in [-0.2, 0) is 19.8 Å². The summed E-state index contributed by atoms with van der Waals surface area (Å²) in [5, 5.41) is -5.12. The van der Waals surface area contributed by atoms with E-state index in [0.29, 0.717) is 18.3 Å². The number of carbonyl (C=O) groups is 1. The summed E-state index contributed by atoms with van der Waals surface area (Å²) in [6.45, 7) is 6.26. The van der Waals surface area contributed by atoms with E-state index in [-0.39, 0.29) is 6.61 Å². The lowest BCUT2D eigenvalue weighted by atomic mass is 9.89. The normalized spacial score (nSPS) is 13.1. The first kappa shape index (κ1) is 22.2. The lowest BCUT2D eigenvalue weighted by Crippen LogP contribution is -2.37. The van der Waals surface area contributed by atoms with Crippen LogP contribution in [0, 0.1) is 5.41 Å². The molecule has 0 bridgehead atoms. The number of alkyl halides is 2. The minimum atomic E-state index is -6.28. The van der Waals surface area contributed by atoms with Gasteiger partial charge in [-0.05, 0) is 18.3 Å². The molecule has 0 amide bonds. The van der Waals surface area contributed by atoms with E-state index < -0.39 is 21.4 Å². The largest absolute Gasteiger partial charge is 0.470 e. The Kier molecular flexibility index (Phi) is 9.17. The SMILES string of the molecule is CC(C)(C)CCCCCCCCCOC(=O)C(F)(F)S(=O)(=O)F. The van der Waals surface area contributed by atoms with E-state index in [9.17, 15) is 25.9 Å². The quantitative estimate of drug-likeness (QED) is 0.307. The Balaban J connectivity index is 3.63. The molecule has 8 heteroatoms. The summed E-state index contributed by atoms with van der Waals surface area (Å²) in [6.07, 6.45) is 7.50. The number of carbonyl (C=O) groups excluding carboxylic acids is 1. The summed E-state index contributed by atoms with van der Waals surface area (Å²) in [5.74, 6) is -2.36. The number of ether oxygens (including phenoxy) is 1. The first-order valence-electron chi connectivity index (χ1n) is 7.87. The van der Waals surface area contributed by atoms with Crippen LogP contribution in [-0.4, -0.2) is 26.2 Å². The molecule has 0 fully saturated rings. The highest BCUT2D eigenvalue weighted by Gasteiger charge is 2.55. The third-order valence-corrected chi connectivity index (χ3v) is 4.13. The minimum Gasteiger partial charge on any atom is -0.460 e. The maximum absolute atomic E-state index is 12.7. The Morgan fingerprint density at radius 3 is 1.78 bits per heavy atom. The first-order chi connectivity index (χ1) is 10.4. The Hall–Kier alpha value is -0.790. The van der Waals surface area contributed by atoms with Gasteiger partial charge in [0.05, 0.1) is 6.61 Å². The molecule has 138 valence electrons. The van der Waals surface area contributed by atoms with Crippen molar-refractivity contribution >= 4 is 16.2 Å². The van der Waals surface area contributed by atoms with Gasteiger partial charge in [0.25, 0.3) is 0 Å². The molecule has 0 aliphatic carbocycles. The van der Waals surface area contributed by atoms with Gasteiger partial charge < -0.3 is 4.74 Å². The van der Waals surface area contributed by atoms with E-state index in [1.807, 2.05) is 0 Å². The molecule has 0 aromatic carbocycles. The Bertz CT molecular complexity index is 456. The second kappa shape index (κ2) is 9.49. The molecule has 0 saturated carbocycles. The summed E-state index contributed by atoms with van der Waals surface area (Å²) in [7, 11) is -6.28. The molecule has 23 heavy (non-hydrogen) atoms. The Labute approximate surface area is 137 Å². The van der Waals surface area contributed by atoms with Crippen LogP contribution in [0.4, 0.5) is 12.7 Å². The molecule has 4 nitrogen and oxygen atoms in total. The van der Waals surface area contributed by atoms with Gasteiger partial charge in [0.2, 0.25) is 0 Å². The minimum absolute atomic E-state index is 0.339. The molecule has 0 rings (SSSR count). The molecule has 0 unspecified atom stereocenters. The van der Waals surface area contributed by atoms with Crippen LogP contribution >= 0.6 is 0 Å². The van der Waals surface area contributed by atoms with Gasteiger partial charge in [-0.15, -0.1) is 0 Å². The average molecular weight is 360 g/mol. The van der Waals surface area contributed by atoms with Gasteiger partial charge in [0.1, 0.15) is 0 Å². The molecular weight excluding hydrogens is 333 g/mol. The smallest absolute Gasteiger partial charge is 0.460 e. The van der Waals surface area contributed by atoms with Gasteiger partial charge in [0, 0.05) is 0 Å². The number of rotatable bonds is 11. The Morgan fingerprint density at radius 1 is 0.913 bits per heavy atom. The standard InChI is InChI=1S/C15H27F3O4S/c1-14(2,3)11-9-7-5-4-6-8-10-12-22-13(19)15(16,17)23(18,20)21/h4-12H2,1-3H3. The molecular formula is C15H27F3O4S. The van der Waals surface area contributed by atoms with Crippen molar-refractivity contribution in [3.8, 4) is 0 Å². The molecule has 0 aromatic rings. The average Bonchev–Trinajstić information content (AvgIpc) is 2.37. The fraction of sp³-hybridized carbons (Fsp3) is 0.933. The molecule has 0 radical (unpaired) electrons. The van der Waals surface area contributed by atoms with E-state index in [2.05, 4.69) is 25.5 Å². The van der Waals surface area contributed by atoms with Crippen LogP contribution in [0.5, 0.6) is 0 Å². The van der Waals surface area contributed by atoms with Gasteiger partial charge in [-0.1, -0.05) is 63.2 Å². The van der Waals surface area contributed by atoms with Crippen LogP contribution in [0.25, 0.3) is 0 Å². The number of hydrogen-bond donors (Lipinski definition) is 0. The fourth-order valence-corrected chi connectivity index (χ4v) is 2.25. The van der Waals surface area contributed by atoms with Gasteiger partial charge in [-0.2, -0.15) is 17.2 Å². The third kappa shape index (κ3) is 9.84. The molecule has 0 heterocycles. The van der Waals surface area contributed by atoms with Gasteiger partial charge in [-0.25, -0.2) is 4.79 Å². The molecule has 0 aromatic heterocycles. The second-order valence-corrected chi connectivity index (χ2v) is 8.26. The van der Waals surface area contributed by atoms with Crippen molar-refractivity contribution in [2.45, 2.75) is 77.4 Å². The molecule has 0 spiro atoms. The summed E-state index contributed by atoms with van der Waals surface area (Å²) in [4.78, 5) is 10.8. The van der Waals surface area contributed by atoms with Crippen LogP contribution in [0.1, 0.15) is 72.1 Å². The lowest BCUT2D eigenvalue weighted by Gasteiger charge is -2.17. The summed E-state index contributed by atoms with van der Waals surface area (Å²) < 4.78 is 61.9. The molecule has 0 aliphatic heterocycles. The zero-order valence-electron chi connectivity index (χ0n) is 14.0. The van der Waals surface area contributed by atoms with Crippen molar-refractivity contribution < 1.29 is 30.6 Å². The number of halogens is 3. The zero-order valence-corrected chi connectivity index (χ0v) is 14.9. The molecule has 0 N–H and O–H groups in total. The van der Waals surface area contributed by atoms with Crippen LogP contribution in [0.15, 0.2) is 0 Å². The maximum Gasteiger partial charge on any atom is 0.470 e. The molecule has 0 aliphatic rings. The van der Waals surface area contributed by atoms with Gasteiger partial charge in [-0.3, -0.25) is 0 Å². The molecule has 0 saturated heterocycles. The lowest BCUT2D eigenvalue weighted by molar-refractivity contribution is -0.161. The number of unbranched alkanes of at least 4 members (excludes halogenated alkanes) is 6. The zero-order chi connectivity index (χ0) is 18.1. The first-order valence-corrected chi connectivity index (χ1v) is 9.25. The van der Waals surface area contributed by atoms with E-state index >= 15 is 0 Å². The molecule has 0 atom stereocenters. The van der Waals surface area contributed by atoms with Gasteiger partial charge >= 0.3 is 21.4 Å². The van der Waals surface area contributed by atoms with Gasteiger partial charge in [0.15, 0.2) is 0 Å². The third-order valence-electron chi connectivity index (χ3n) is 3.35. The van der Waals surface area contributed by atoms with Crippen LogP contribution < -0.4 is 0 Å². The summed E-state index contributed by atoms with van der Waals surface area (Å²) in [6, 6.07) is 0. The monoisotopic (exact) mass is 360 g/mol. The van der Waals surface area contributed by atoms with Crippen molar-refractivity contribution in [2.75, 3.05) is 6.61 Å². The Morgan fingerprint density at radius 2 is 1.35 bits per heavy atom. The van der Waals surface area contributed by atoms with Crippen molar-refractivity contribution in [1.82, 2.24) is 0 Å². The van der Waals surface area contributed by atoms with E-state index in [1.165, 1.54) is 12.8 Å². The fourth-order valence-electron chi connectivity index (χ4n) is 1.99. The van der Waals surface area contributed by atoms with Crippen LogP contribution in [0.2, 0.25) is 0 Å². The van der Waals surface area contributed by atoms with Crippen LogP contribution in [0.3, 0.4) is 0 Å². The maximum atomic E-state index is 12.7. The highest BCUT2D eigenvalue weighted by molar-refractivity contribution is 7.88. The summed E-state index contributed by atoms with van der Waals surface area (Å²) >= 11 is 0. The predicted octanol–water partition coefficient (Wildman–Crippen LogP) is 4.59. The topological polar surface area (TPSA) is 60.4 Å². The van der Waals surface area contributed by atoms with Crippen molar-refractivity contribution in [3.05, 3.63) is 0 Å².